The van der Waals surface area contributed by atoms with E-state index in [9.17, 15) is 14.3 Å². The van der Waals surface area contributed by atoms with Gasteiger partial charge in [-0.25, -0.2) is 4.39 Å². The third-order valence-corrected chi connectivity index (χ3v) is 5.97. The van der Waals surface area contributed by atoms with E-state index in [2.05, 4.69) is 17.0 Å². The number of likely N-dealkylation sites (tertiary alicyclic amines) is 1. The van der Waals surface area contributed by atoms with Gasteiger partial charge < -0.3 is 10.0 Å². The van der Waals surface area contributed by atoms with Crippen LogP contribution in [0.1, 0.15) is 35.3 Å². The lowest BCUT2D eigenvalue weighted by atomic mass is 9.97. The number of aliphatic carboxylic acids is 1. The van der Waals surface area contributed by atoms with Gasteiger partial charge in [-0.3, -0.25) is 4.79 Å². The van der Waals surface area contributed by atoms with E-state index >= 15 is 0 Å². The Morgan fingerprint density at radius 2 is 2.19 bits per heavy atom. The molecule has 0 spiro atoms. The van der Waals surface area contributed by atoms with Gasteiger partial charge in [-0.05, 0) is 61.4 Å². The van der Waals surface area contributed by atoms with Gasteiger partial charge in [0.2, 0.25) is 0 Å². The van der Waals surface area contributed by atoms with Crippen molar-refractivity contribution in [3.05, 3.63) is 63.6 Å². The molecule has 1 fully saturated rings. The normalized spacial score (nSPS) is 18.8. The van der Waals surface area contributed by atoms with Gasteiger partial charge in [0, 0.05) is 23.5 Å². The lowest BCUT2D eigenvalue weighted by Gasteiger charge is -2.30. The molecular formula is C21H24FNO2S. The highest BCUT2D eigenvalue weighted by molar-refractivity contribution is 7.11. The monoisotopic (exact) mass is 373 g/mol. The second-order valence-corrected chi connectivity index (χ2v) is 7.71. The average Bonchev–Trinajstić information content (AvgIpc) is 3.06. The number of benzene rings is 1. The molecule has 3 nitrogen and oxygen atoms in total. The Kier molecular flexibility index (Phi) is 6.22. The molecule has 1 unspecified atom stereocenters. The summed E-state index contributed by atoms with van der Waals surface area (Å²) in [5.74, 6) is -1.18. The van der Waals surface area contributed by atoms with E-state index in [-0.39, 0.29) is 11.7 Å². The molecule has 3 rings (SSSR count). The van der Waals surface area contributed by atoms with Crippen molar-refractivity contribution < 1.29 is 14.3 Å². The number of carboxylic acid groups (broad SMARTS) is 1. The smallest absolute Gasteiger partial charge is 0.307 e. The molecule has 0 aliphatic carbocycles. The summed E-state index contributed by atoms with van der Waals surface area (Å²) in [5, 5.41) is 11.3. The number of hydrogen-bond donors (Lipinski definition) is 1. The molecule has 1 aromatic carbocycles. The Labute approximate surface area is 157 Å². The molecule has 1 aliphatic heterocycles. The molecule has 1 saturated heterocycles. The highest BCUT2D eigenvalue weighted by Crippen LogP contribution is 2.32. The lowest BCUT2D eigenvalue weighted by molar-refractivity contribution is -0.143. The predicted octanol–water partition coefficient (Wildman–Crippen LogP) is 4.81. The fourth-order valence-electron chi connectivity index (χ4n) is 3.50. The van der Waals surface area contributed by atoms with Crippen molar-refractivity contribution in [1.82, 2.24) is 4.90 Å². The summed E-state index contributed by atoms with van der Waals surface area (Å²) >= 11 is 1.63. The first-order valence-electron chi connectivity index (χ1n) is 9.01. The van der Waals surface area contributed by atoms with Gasteiger partial charge in [0.15, 0.2) is 0 Å². The molecule has 1 aromatic heterocycles. The molecular weight excluding hydrogens is 349 g/mol. The SMILES string of the molecule is Cc1ccsc1C(=CCCN1CCCC(C(=O)O)C1)c1ccccc1F. The second-order valence-electron chi connectivity index (χ2n) is 6.80. The minimum Gasteiger partial charge on any atom is -0.481 e. The van der Waals surface area contributed by atoms with Crippen LogP contribution in [-0.2, 0) is 4.79 Å². The molecule has 0 radical (unpaired) electrons. The minimum atomic E-state index is -0.702. The van der Waals surface area contributed by atoms with Crippen LogP contribution in [0, 0.1) is 18.7 Å². The number of aryl methyl sites for hydroxylation is 1. The number of halogens is 1. The highest BCUT2D eigenvalue weighted by Gasteiger charge is 2.24. The number of thiophene rings is 1. The molecule has 138 valence electrons. The van der Waals surface area contributed by atoms with Crippen molar-refractivity contribution >= 4 is 22.9 Å². The largest absolute Gasteiger partial charge is 0.481 e. The van der Waals surface area contributed by atoms with Crippen molar-refractivity contribution in [3.63, 3.8) is 0 Å². The quantitative estimate of drug-likeness (QED) is 0.790. The maximum atomic E-state index is 14.4. The Bertz CT molecular complexity index is 799. The van der Waals surface area contributed by atoms with E-state index in [4.69, 9.17) is 0 Å². The summed E-state index contributed by atoms with van der Waals surface area (Å²) in [6.07, 6.45) is 4.55. The predicted molar refractivity (Wildman–Crippen MR) is 104 cm³/mol. The van der Waals surface area contributed by atoms with Crippen LogP contribution in [0.4, 0.5) is 4.39 Å². The van der Waals surface area contributed by atoms with Gasteiger partial charge in [-0.15, -0.1) is 11.3 Å². The molecule has 26 heavy (non-hydrogen) atoms. The van der Waals surface area contributed by atoms with Gasteiger partial charge in [0.25, 0.3) is 0 Å². The van der Waals surface area contributed by atoms with Crippen molar-refractivity contribution in [2.75, 3.05) is 19.6 Å². The maximum absolute atomic E-state index is 14.4. The van der Waals surface area contributed by atoms with Crippen LogP contribution in [0.25, 0.3) is 5.57 Å². The Morgan fingerprint density at radius 3 is 2.88 bits per heavy atom. The zero-order valence-electron chi connectivity index (χ0n) is 15.0. The third-order valence-electron chi connectivity index (χ3n) is 4.92. The zero-order valence-corrected chi connectivity index (χ0v) is 15.8. The van der Waals surface area contributed by atoms with Gasteiger partial charge in [0.05, 0.1) is 5.92 Å². The van der Waals surface area contributed by atoms with Crippen molar-refractivity contribution in [1.29, 1.82) is 0 Å². The van der Waals surface area contributed by atoms with Gasteiger partial charge >= 0.3 is 5.97 Å². The fourth-order valence-corrected chi connectivity index (χ4v) is 4.49. The molecule has 5 heteroatoms. The van der Waals surface area contributed by atoms with Crippen molar-refractivity contribution in [3.8, 4) is 0 Å². The zero-order chi connectivity index (χ0) is 18.5. The number of carboxylic acids is 1. The molecule has 2 aromatic rings. The van der Waals surface area contributed by atoms with E-state index in [0.29, 0.717) is 12.1 Å². The summed E-state index contributed by atoms with van der Waals surface area (Å²) < 4.78 is 14.4. The fraction of sp³-hybridized carbons (Fsp3) is 0.381. The standard InChI is InChI=1S/C21H24FNO2S/c1-15-10-13-26-20(15)18(17-7-2-3-9-19(17)22)8-5-12-23-11-4-6-16(14-23)21(24)25/h2-3,7-10,13,16H,4-6,11-12,14H2,1H3,(H,24,25). The minimum absolute atomic E-state index is 0.213. The van der Waals surface area contributed by atoms with Crippen LogP contribution in [-0.4, -0.2) is 35.6 Å². The molecule has 1 N–H and O–H groups in total. The summed E-state index contributed by atoms with van der Waals surface area (Å²) in [7, 11) is 0. The summed E-state index contributed by atoms with van der Waals surface area (Å²) in [4.78, 5) is 14.5. The van der Waals surface area contributed by atoms with Crippen molar-refractivity contribution in [2.24, 2.45) is 5.92 Å². The van der Waals surface area contributed by atoms with E-state index < -0.39 is 5.97 Å². The Balaban J connectivity index is 1.77. The van der Waals surface area contributed by atoms with Gasteiger partial charge in [0.1, 0.15) is 5.82 Å². The summed E-state index contributed by atoms with van der Waals surface area (Å²) in [5.41, 5.74) is 2.70. The van der Waals surface area contributed by atoms with Crippen LogP contribution >= 0.6 is 11.3 Å². The first-order chi connectivity index (χ1) is 12.6. The van der Waals surface area contributed by atoms with Crippen molar-refractivity contribution in [2.45, 2.75) is 26.2 Å². The molecule has 0 bridgehead atoms. The van der Waals surface area contributed by atoms with E-state index in [1.54, 1.807) is 17.4 Å². The van der Waals surface area contributed by atoms with Crippen LogP contribution in [0.3, 0.4) is 0 Å². The van der Waals surface area contributed by atoms with Crippen LogP contribution in [0.5, 0.6) is 0 Å². The molecule has 1 aliphatic rings. The number of hydrogen-bond acceptors (Lipinski definition) is 3. The average molecular weight is 373 g/mol. The van der Waals surface area contributed by atoms with Gasteiger partial charge in [-0.2, -0.15) is 0 Å². The van der Waals surface area contributed by atoms with E-state index in [1.807, 2.05) is 24.4 Å². The Morgan fingerprint density at radius 1 is 1.38 bits per heavy atom. The summed E-state index contributed by atoms with van der Waals surface area (Å²) in [6.45, 7) is 4.38. The van der Waals surface area contributed by atoms with E-state index in [1.165, 1.54) is 6.07 Å². The number of nitrogens with zero attached hydrogens (tertiary/aromatic N) is 1. The number of carbonyl (C=O) groups is 1. The molecule has 0 amide bonds. The maximum Gasteiger partial charge on any atom is 0.307 e. The van der Waals surface area contributed by atoms with E-state index in [0.717, 1.165) is 48.4 Å². The summed E-state index contributed by atoms with van der Waals surface area (Å²) in [6, 6.07) is 8.93. The first-order valence-corrected chi connectivity index (χ1v) is 9.89. The third kappa shape index (κ3) is 4.40. The highest BCUT2D eigenvalue weighted by atomic mass is 32.1. The van der Waals surface area contributed by atoms with Crippen LogP contribution < -0.4 is 0 Å². The van der Waals surface area contributed by atoms with Gasteiger partial charge in [-0.1, -0.05) is 24.3 Å². The topological polar surface area (TPSA) is 40.5 Å². The van der Waals surface area contributed by atoms with Crippen LogP contribution in [0.15, 0.2) is 41.8 Å². The Hall–Kier alpha value is -1.98. The van der Waals surface area contributed by atoms with Crippen LogP contribution in [0.2, 0.25) is 0 Å². The number of rotatable bonds is 6. The first kappa shape index (κ1) is 18.8. The second kappa shape index (κ2) is 8.60. The molecule has 1 atom stereocenters. The number of piperidine rings is 1. The lowest BCUT2D eigenvalue weighted by Crippen LogP contribution is -2.39. The molecule has 0 saturated carbocycles. The molecule has 2 heterocycles.